The Labute approximate surface area is 107 Å². The number of aldehydes is 1. The van der Waals surface area contributed by atoms with Crippen LogP contribution < -0.4 is 5.32 Å². The van der Waals surface area contributed by atoms with Gasteiger partial charge in [0.15, 0.2) is 0 Å². The minimum Gasteiger partial charge on any atom is -0.464 e. The Balaban J connectivity index is 2.27. The van der Waals surface area contributed by atoms with Gasteiger partial charge in [-0.1, -0.05) is 26.0 Å². The minimum absolute atomic E-state index is 0.463. The maximum absolute atomic E-state index is 11.4. The predicted octanol–water partition coefficient (Wildman–Crippen LogP) is 2.93. The molecule has 0 radical (unpaired) electrons. The fraction of sp³-hybridized carbons (Fsp3) is 0.400. The lowest BCUT2D eigenvalue weighted by molar-refractivity contribution is -0.113. The van der Waals surface area contributed by atoms with Crippen molar-refractivity contribution < 1.29 is 9.21 Å². The van der Waals surface area contributed by atoms with E-state index in [1.54, 1.807) is 6.26 Å². The molecule has 2 rings (SSSR count). The Bertz CT molecular complexity index is 532. The SMILES string of the molecule is CCNC(C=O)(CC)Cc1ccc2ccoc2c1. The molecule has 96 valence electrons. The quantitative estimate of drug-likeness (QED) is 0.796. The number of carbonyl (C=O) groups is 1. The molecule has 1 N–H and O–H groups in total. The second kappa shape index (κ2) is 5.36. The first kappa shape index (κ1) is 12.8. The summed E-state index contributed by atoms with van der Waals surface area (Å²) in [5, 5.41) is 4.38. The van der Waals surface area contributed by atoms with E-state index >= 15 is 0 Å². The molecular weight excluding hydrogens is 226 g/mol. The molecule has 0 aliphatic carbocycles. The highest BCUT2D eigenvalue weighted by atomic mass is 16.3. The molecule has 0 aliphatic rings. The number of furan rings is 1. The van der Waals surface area contributed by atoms with Crippen molar-refractivity contribution in [1.29, 1.82) is 0 Å². The molecule has 3 nitrogen and oxygen atoms in total. The van der Waals surface area contributed by atoms with Crippen LogP contribution in [0.2, 0.25) is 0 Å². The van der Waals surface area contributed by atoms with Crippen molar-refractivity contribution in [3.8, 4) is 0 Å². The number of hydrogen-bond donors (Lipinski definition) is 1. The highest BCUT2D eigenvalue weighted by molar-refractivity contribution is 5.78. The van der Waals surface area contributed by atoms with E-state index in [-0.39, 0.29) is 0 Å². The molecule has 2 aromatic rings. The molecule has 1 unspecified atom stereocenters. The molecule has 1 atom stereocenters. The van der Waals surface area contributed by atoms with E-state index in [0.29, 0.717) is 6.42 Å². The van der Waals surface area contributed by atoms with Crippen LogP contribution in [0.25, 0.3) is 11.0 Å². The van der Waals surface area contributed by atoms with Crippen LogP contribution in [-0.2, 0) is 11.2 Å². The standard InChI is InChI=1S/C15H19NO2/c1-3-15(11-17,16-4-2)10-12-5-6-13-7-8-18-14(13)9-12/h5-9,11,16H,3-4,10H2,1-2H3. The van der Waals surface area contributed by atoms with Gasteiger partial charge in [-0.05, 0) is 37.1 Å². The lowest BCUT2D eigenvalue weighted by atomic mass is 9.89. The van der Waals surface area contributed by atoms with Crippen LogP contribution >= 0.6 is 0 Å². The van der Waals surface area contributed by atoms with E-state index in [0.717, 1.165) is 35.8 Å². The molecule has 1 aromatic carbocycles. The number of benzene rings is 1. The van der Waals surface area contributed by atoms with Gasteiger partial charge >= 0.3 is 0 Å². The maximum Gasteiger partial charge on any atom is 0.140 e. The van der Waals surface area contributed by atoms with E-state index < -0.39 is 5.54 Å². The fourth-order valence-corrected chi connectivity index (χ4v) is 2.30. The number of fused-ring (bicyclic) bond motifs is 1. The second-order valence-electron chi connectivity index (χ2n) is 4.63. The van der Waals surface area contributed by atoms with Crippen molar-refractivity contribution in [3.63, 3.8) is 0 Å². The number of hydrogen-bond acceptors (Lipinski definition) is 3. The zero-order valence-electron chi connectivity index (χ0n) is 10.9. The number of likely N-dealkylation sites (N-methyl/N-ethyl adjacent to an activating group) is 1. The van der Waals surface area contributed by atoms with Crippen LogP contribution in [0.3, 0.4) is 0 Å². The minimum atomic E-state index is -0.463. The summed E-state index contributed by atoms with van der Waals surface area (Å²) in [6.07, 6.45) is 4.19. The zero-order valence-corrected chi connectivity index (χ0v) is 10.9. The molecule has 0 spiro atoms. The molecule has 18 heavy (non-hydrogen) atoms. The average Bonchev–Trinajstić information content (AvgIpc) is 2.85. The third kappa shape index (κ3) is 2.46. The summed E-state index contributed by atoms with van der Waals surface area (Å²) in [6, 6.07) is 8.05. The Hall–Kier alpha value is -1.61. The Morgan fingerprint density at radius 1 is 1.33 bits per heavy atom. The van der Waals surface area contributed by atoms with Crippen LogP contribution in [-0.4, -0.2) is 18.4 Å². The summed E-state index contributed by atoms with van der Waals surface area (Å²) in [5.41, 5.74) is 1.53. The normalized spacial score (nSPS) is 14.6. The van der Waals surface area contributed by atoms with Crippen molar-refractivity contribution >= 4 is 17.3 Å². The van der Waals surface area contributed by atoms with E-state index in [2.05, 4.69) is 11.4 Å². The van der Waals surface area contributed by atoms with Crippen molar-refractivity contribution in [2.75, 3.05) is 6.54 Å². The fourth-order valence-electron chi connectivity index (χ4n) is 2.30. The molecular formula is C15H19NO2. The summed E-state index contributed by atoms with van der Waals surface area (Å²) < 4.78 is 5.39. The van der Waals surface area contributed by atoms with Gasteiger partial charge in [0, 0.05) is 5.39 Å². The van der Waals surface area contributed by atoms with E-state index in [9.17, 15) is 4.79 Å². The van der Waals surface area contributed by atoms with Gasteiger partial charge in [0.05, 0.1) is 11.8 Å². The van der Waals surface area contributed by atoms with E-state index in [4.69, 9.17) is 4.42 Å². The van der Waals surface area contributed by atoms with Crippen LogP contribution in [0.15, 0.2) is 34.9 Å². The van der Waals surface area contributed by atoms with Crippen LogP contribution in [0.5, 0.6) is 0 Å². The van der Waals surface area contributed by atoms with Crippen LogP contribution in [0.4, 0.5) is 0 Å². The Morgan fingerprint density at radius 3 is 2.83 bits per heavy atom. The third-order valence-corrected chi connectivity index (χ3v) is 3.43. The zero-order chi connectivity index (χ0) is 13.0. The summed E-state index contributed by atoms with van der Waals surface area (Å²) >= 11 is 0. The van der Waals surface area contributed by atoms with Gasteiger partial charge in [0.2, 0.25) is 0 Å². The van der Waals surface area contributed by atoms with Gasteiger partial charge in [0.1, 0.15) is 11.9 Å². The summed E-state index contributed by atoms with van der Waals surface area (Å²) in [7, 11) is 0. The lowest BCUT2D eigenvalue weighted by Crippen LogP contribution is -2.48. The van der Waals surface area contributed by atoms with Crippen LogP contribution in [0.1, 0.15) is 25.8 Å². The summed E-state index contributed by atoms with van der Waals surface area (Å²) in [5.74, 6) is 0. The monoisotopic (exact) mass is 245 g/mol. The van der Waals surface area contributed by atoms with Gasteiger partial charge in [-0.2, -0.15) is 0 Å². The molecule has 3 heteroatoms. The predicted molar refractivity (Wildman–Crippen MR) is 72.7 cm³/mol. The number of rotatable bonds is 6. The van der Waals surface area contributed by atoms with Crippen molar-refractivity contribution in [1.82, 2.24) is 5.32 Å². The molecule has 0 saturated heterocycles. The van der Waals surface area contributed by atoms with Crippen molar-refractivity contribution in [2.24, 2.45) is 0 Å². The van der Waals surface area contributed by atoms with Gasteiger partial charge in [-0.3, -0.25) is 0 Å². The molecule has 1 aromatic heterocycles. The molecule has 0 fully saturated rings. The largest absolute Gasteiger partial charge is 0.464 e. The van der Waals surface area contributed by atoms with Crippen LogP contribution in [0, 0.1) is 0 Å². The Kier molecular flexibility index (Phi) is 3.82. The topological polar surface area (TPSA) is 42.2 Å². The first-order valence-corrected chi connectivity index (χ1v) is 6.40. The number of nitrogens with one attached hydrogen (secondary N) is 1. The third-order valence-electron chi connectivity index (χ3n) is 3.43. The van der Waals surface area contributed by atoms with Gasteiger partial charge in [0.25, 0.3) is 0 Å². The van der Waals surface area contributed by atoms with E-state index in [1.165, 1.54) is 0 Å². The molecule has 0 amide bonds. The number of carbonyl (C=O) groups excluding carboxylic acids is 1. The summed E-state index contributed by atoms with van der Waals surface area (Å²) in [6.45, 7) is 4.84. The molecule has 1 heterocycles. The lowest BCUT2D eigenvalue weighted by Gasteiger charge is -2.27. The first-order valence-electron chi connectivity index (χ1n) is 6.40. The van der Waals surface area contributed by atoms with Crippen molar-refractivity contribution in [2.45, 2.75) is 32.2 Å². The van der Waals surface area contributed by atoms with Gasteiger partial charge < -0.3 is 14.5 Å². The molecule has 0 bridgehead atoms. The highest BCUT2D eigenvalue weighted by Crippen LogP contribution is 2.21. The maximum atomic E-state index is 11.4. The Morgan fingerprint density at radius 2 is 2.17 bits per heavy atom. The van der Waals surface area contributed by atoms with E-state index in [1.807, 2.05) is 32.0 Å². The smallest absolute Gasteiger partial charge is 0.140 e. The molecule has 0 saturated carbocycles. The average molecular weight is 245 g/mol. The first-order chi connectivity index (χ1) is 8.73. The van der Waals surface area contributed by atoms with Gasteiger partial charge in [-0.15, -0.1) is 0 Å². The second-order valence-corrected chi connectivity index (χ2v) is 4.63. The van der Waals surface area contributed by atoms with Gasteiger partial charge in [-0.25, -0.2) is 0 Å². The van der Waals surface area contributed by atoms with Crippen molar-refractivity contribution in [3.05, 3.63) is 36.1 Å². The summed E-state index contributed by atoms with van der Waals surface area (Å²) in [4.78, 5) is 11.4. The highest BCUT2D eigenvalue weighted by Gasteiger charge is 2.26. The molecule has 0 aliphatic heterocycles.